The van der Waals surface area contributed by atoms with Gasteiger partial charge in [0, 0.05) is 13.6 Å². The SMILES string of the molecule is CCCCNC(=O)c1nnc(NC)s1. The normalized spacial score (nSPS) is 9.86. The average Bonchev–Trinajstić information content (AvgIpc) is 2.66. The molecule has 78 valence electrons. The molecule has 0 unspecified atom stereocenters. The molecule has 0 bridgehead atoms. The molecule has 5 nitrogen and oxygen atoms in total. The Balaban J connectivity index is 2.44. The van der Waals surface area contributed by atoms with E-state index in [2.05, 4.69) is 27.8 Å². The van der Waals surface area contributed by atoms with Crippen molar-refractivity contribution in [3.05, 3.63) is 5.01 Å². The molecule has 0 aliphatic heterocycles. The van der Waals surface area contributed by atoms with Gasteiger partial charge in [0.05, 0.1) is 0 Å². The van der Waals surface area contributed by atoms with E-state index in [-0.39, 0.29) is 5.91 Å². The van der Waals surface area contributed by atoms with Crippen molar-refractivity contribution in [3.63, 3.8) is 0 Å². The Bertz CT molecular complexity index is 299. The average molecular weight is 214 g/mol. The molecule has 1 aromatic heterocycles. The fraction of sp³-hybridized carbons (Fsp3) is 0.625. The number of carbonyl (C=O) groups excluding carboxylic acids is 1. The van der Waals surface area contributed by atoms with Gasteiger partial charge in [0.2, 0.25) is 10.1 Å². The predicted molar refractivity (Wildman–Crippen MR) is 56.7 cm³/mol. The minimum Gasteiger partial charge on any atom is -0.363 e. The van der Waals surface area contributed by atoms with Crippen molar-refractivity contribution < 1.29 is 4.79 Å². The van der Waals surface area contributed by atoms with Crippen LogP contribution in [0.2, 0.25) is 0 Å². The van der Waals surface area contributed by atoms with Gasteiger partial charge >= 0.3 is 0 Å². The maximum atomic E-state index is 11.4. The fourth-order valence-electron chi connectivity index (χ4n) is 0.870. The fourth-order valence-corrected chi connectivity index (χ4v) is 1.48. The van der Waals surface area contributed by atoms with Gasteiger partial charge < -0.3 is 10.6 Å². The van der Waals surface area contributed by atoms with Crippen molar-refractivity contribution in [2.24, 2.45) is 0 Å². The van der Waals surface area contributed by atoms with Crippen LogP contribution in [0, 0.1) is 0 Å². The summed E-state index contributed by atoms with van der Waals surface area (Å²) < 4.78 is 0. The predicted octanol–water partition coefficient (Wildman–Crippen LogP) is 1.11. The highest BCUT2D eigenvalue weighted by molar-refractivity contribution is 7.17. The topological polar surface area (TPSA) is 66.9 Å². The van der Waals surface area contributed by atoms with E-state index in [4.69, 9.17) is 0 Å². The van der Waals surface area contributed by atoms with Gasteiger partial charge in [0.15, 0.2) is 0 Å². The van der Waals surface area contributed by atoms with Gasteiger partial charge in [-0.3, -0.25) is 4.79 Å². The third-order valence-electron chi connectivity index (χ3n) is 1.65. The molecule has 0 saturated carbocycles. The van der Waals surface area contributed by atoms with Gasteiger partial charge in [-0.15, -0.1) is 10.2 Å². The zero-order chi connectivity index (χ0) is 10.4. The van der Waals surface area contributed by atoms with Crippen molar-refractivity contribution in [1.29, 1.82) is 0 Å². The monoisotopic (exact) mass is 214 g/mol. The van der Waals surface area contributed by atoms with Gasteiger partial charge in [0.1, 0.15) is 0 Å². The first kappa shape index (κ1) is 10.9. The molecule has 1 heterocycles. The summed E-state index contributed by atoms with van der Waals surface area (Å²) in [5.74, 6) is -0.141. The molecule has 1 aromatic rings. The highest BCUT2D eigenvalue weighted by Crippen LogP contribution is 2.13. The Kier molecular flexibility index (Phi) is 4.31. The van der Waals surface area contributed by atoms with Crippen molar-refractivity contribution in [3.8, 4) is 0 Å². The maximum absolute atomic E-state index is 11.4. The van der Waals surface area contributed by atoms with E-state index in [0.717, 1.165) is 12.8 Å². The Labute approximate surface area is 86.9 Å². The Morgan fingerprint density at radius 1 is 1.50 bits per heavy atom. The number of amides is 1. The van der Waals surface area contributed by atoms with Crippen molar-refractivity contribution >= 4 is 22.4 Å². The first-order valence-corrected chi connectivity index (χ1v) is 5.39. The third-order valence-corrected chi connectivity index (χ3v) is 2.59. The van der Waals surface area contributed by atoms with Crippen LogP contribution in [-0.4, -0.2) is 29.7 Å². The number of unbranched alkanes of at least 4 members (excludes halogenated alkanes) is 1. The van der Waals surface area contributed by atoms with E-state index in [0.29, 0.717) is 16.7 Å². The molecular formula is C8H14N4OS. The summed E-state index contributed by atoms with van der Waals surface area (Å²) in [6.45, 7) is 2.78. The van der Waals surface area contributed by atoms with Gasteiger partial charge in [0.25, 0.3) is 5.91 Å². The molecule has 0 aromatic carbocycles. The molecule has 14 heavy (non-hydrogen) atoms. The van der Waals surface area contributed by atoms with Crippen molar-refractivity contribution in [2.45, 2.75) is 19.8 Å². The van der Waals surface area contributed by atoms with E-state index >= 15 is 0 Å². The van der Waals surface area contributed by atoms with Crippen LogP contribution in [0.4, 0.5) is 5.13 Å². The quantitative estimate of drug-likeness (QED) is 0.720. The van der Waals surface area contributed by atoms with E-state index in [1.165, 1.54) is 11.3 Å². The molecule has 0 fully saturated rings. The largest absolute Gasteiger partial charge is 0.363 e. The molecule has 6 heteroatoms. The highest BCUT2D eigenvalue weighted by Gasteiger charge is 2.10. The number of hydrogen-bond donors (Lipinski definition) is 2. The van der Waals surface area contributed by atoms with Crippen molar-refractivity contribution in [2.75, 3.05) is 18.9 Å². The van der Waals surface area contributed by atoms with E-state index < -0.39 is 0 Å². The second-order valence-corrected chi connectivity index (χ2v) is 3.75. The van der Waals surface area contributed by atoms with Crippen LogP contribution in [0.3, 0.4) is 0 Å². The number of nitrogens with one attached hydrogen (secondary N) is 2. The maximum Gasteiger partial charge on any atom is 0.282 e. The van der Waals surface area contributed by atoms with Crippen LogP contribution in [0.25, 0.3) is 0 Å². The first-order chi connectivity index (χ1) is 6.77. The van der Waals surface area contributed by atoms with E-state index in [1.807, 2.05) is 0 Å². The summed E-state index contributed by atoms with van der Waals surface area (Å²) in [5.41, 5.74) is 0. The van der Waals surface area contributed by atoms with Gasteiger partial charge in [-0.05, 0) is 6.42 Å². The van der Waals surface area contributed by atoms with Gasteiger partial charge in [-0.25, -0.2) is 0 Å². The first-order valence-electron chi connectivity index (χ1n) is 4.57. The summed E-state index contributed by atoms with van der Waals surface area (Å²) >= 11 is 1.25. The molecule has 0 saturated heterocycles. The number of aromatic nitrogens is 2. The minimum atomic E-state index is -0.141. The lowest BCUT2D eigenvalue weighted by Crippen LogP contribution is -2.24. The van der Waals surface area contributed by atoms with Gasteiger partial charge in [-0.2, -0.15) is 0 Å². The smallest absolute Gasteiger partial charge is 0.282 e. The van der Waals surface area contributed by atoms with Crippen LogP contribution in [0.1, 0.15) is 29.6 Å². The second kappa shape index (κ2) is 5.54. The minimum absolute atomic E-state index is 0.141. The molecule has 2 N–H and O–H groups in total. The lowest BCUT2D eigenvalue weighted by Gasteiger charge is -1.99. The lowest BCUT2D eigenvalue weighted by atomic mass is 10.3. The number of nitrogens with zero attached hydrogens (tertiary/aromatic N) is 2. The second-order valence-electron chi connectivity index (χ2n) is 2.77. The molecule has 0 aliphatic rings. The summed E-state index contributed by atoms with van der Waals surface area (Å²) in [6.07, 6.45) is 2.06. The number of anilines is 1. The molecule has 0 spiro atoms. The molecule has 0 aliphatic carbocycles. The van der Waals surface area contributed by atoms with Crippen LogP contribution in [0.5, 0.6) is 0 Å². The number of carbonyl (C=O) groups is 1. The summed E-state index contributed by atoms with van der Waals surface area (Å²) in [5, 5.41) is 14.2. The van der Waals surface area contributed by atoms with Crippen LogP contribution >= 0.6 is 11.3 Å². The van der Waals surface area contributed by atoms with E-state index in [1.54, 1.807) is 7.05 Å². The molecular weight excluding hydrogens is 200 g/mol. The number of rotatable bonds is 5. The molecule has 1 amide bonds. The Hall–Kier alpha value is -1.17. The number of hydrogen-bond acceptors (Lipinski definition) is 5. The van der Waals surface area contributed by atoms with Crippen molar-refractivity contribution in [1.82, 2.24) is 15.5 Å². The van der Waals surface area contributed by atoms with Crippen LogP contribution in [-0.2, 0) is 0 Å². The molecule has 0 radical (unpaired) electrons. The summed E-state index contributed by atoms with van der Waals surface area (Å²) in [4.78, 5) is 11.4. The Morgan fingerprint density at radius 3 is 2.86 bits per heavy atom. The highest BCUT2D eigenvalue weighted by atomic mass is 32.1. The Morgan fingerprint density at radius 2 is 2.29 bits per heavy atom. The van der Waals surface area contributed by atoms with Gasteiger partial charge in [-0.1, -0.05) is 24.7 Å². The lowest BCUT2D eigenvalue weighted by molar-refractivity contribution is 0.0952. The third kappa shape index (κ3) is 2.95. The van der Waals surface area contributed by atoms with E-state index in [9.17, 15) is 4.79 Å². The zero-order valence-electron chi connectivity index (χ0n) is 8.33. The molecule has 1 rings (SSSR count). The summed E-state index contributed by atoms with van der Waals surface area (Å²) in [6, 6.07) is 0. The zero-order valence-corrected chi connectivity index (χ0v) is 9.15. The van der Waals surface area contributed by atoms with Crippen LogP contribution in [0.15, 0.2) is 0 Å². The summed E-state index contributed by atoms with van der Waals surface area (Å²) in [7, 11) is 1.75. The standard InChI is InChI=1S/C8H14N4OS/c1-3-4-5-10-6(13)7-11-12-8(9-2)14-7/h3-5H2,1-2H3,(H,9,12)(H,10,13). The van der Waals surface area contributed by atoms with Crippen LogP contribution < -0.4 is 10.6 Å². The molecule has 0 atom stereocenters.